The second-order valence-corrected chi connectivity index (χ2v) is 29.9. The van der Waals surface area contributed by atoms with E-state index in [0.717, 1.165) is 58.4 Å². The van der Waals surface area contributed by atoms with Crippen molar-refractivity contribution in [2.75, 3.05) is 320 Å². The van der Waals surface area contributed by atoms with Crippen molar-refractivity contribution in [2.45, 2.75) is 19.8 Å². The van der Waals surface area contributed by atoms with Gasteiger partial charge in [0, 0.05) is 49.3 Å². The number of unbranched alkanes of at least 4 members (excludes halogenated alkanes) is 1. The predicted octanol–water partition coefficient (Wildman–Crippen LogP) is 16.3. The molecule has 0 spiro atoms. The van der Waals surface area contributed by atoms with Crippen LogP contribution in [-0.2, 0) is 133 Å². The number of ether oxygens (including phenoxy) is 28. The molecule has 0 aliphatic heterocycles. The van der Waals surface area contributed by atoms with Gasteiger partial charge in [-0.05, 0) is 130 Å². The Labute approximate surface area is 880 Å². The number of rotatable bonds is 79. The molecule has 0 unspecified atom stereocenters. The number of methoxy groups -OCH3 is 6. The van der Waals surface area contributed by atoms with E-state index in [0.29, 0.717) is 264 Å². The lowest BCUT2D eigenvalue weighted by atomic mass is 10.1. The van der Waals surface area contributed by atoms with Crippen LogP contribution in [-0.4, -0.2) is 362 Å². The highest BCUT2D eigenvalue weighted by Gasteiger charge is 2.14. The second kappa shape index (κ2) is 99.4. The topological polar surface area (TPSA) is 378 Å². The highest BCUT2D eigenvalue weighted by Crippen LogP contribution is 2.15. The number of carbonyl (C=O) groups excluding carboxylic acids is 7. The lowest BCUT2D eigenvalue weighted by Gasteiger charge is -2.08. The summed E-state index contributed by atoms with van der Waals surface area (Å²) in [6.45, 7) is 46.6. The lowest BCUT2D eigenvalue weighted by Crippen LogP contribution is -2.15. The number of hydrogen-bond acceptors (Lipinski definition) is 35. The maximum atomic E-state index is 11.9. The van der Waals surface area contributed by atoms with Gasteiger partial charge in [0.1, 0.15) is 39.6 Å². The maximum Gasteiger partial charge on any atom is 0.340 e. The van der Waals surface area contributed by atoms with Crippen molar-refractivity contribution >= 4 is 84.3 Å². The monoisotopic (exact) mass is 2090 g/mol. The summed E-state index contributed by atoms with van der Waals surface area (Å²) < 4.78 is 144. The van der Waals surface area contributed by atoms with Gasteiger partial charge in [0.2, 0.25) is 0 Å². The predicted molar refractivity (Wildman–Crippen MR) is 571 cm³/mol. The molecule has 0 atom stereocenters. The number of carbonyl (C=O) groups is 7. The fourth-order valence-electron chi connectivity index (χ4n) is 10.7. The Hall–Kier alpha value is -11.8. The minimum Gasteiger partial charge on any atom is -0.460 e. The summed E-state index contributed by atoms with van der Waals surface area (Å²) in [4.78, 5) is 81.5. The van der Waals surface area contributed by atoms with Crippen molar-refractivity contribution in [3.8, 4) is 0 Å². The van der Waals surface area contributed by atoms with E-state index in [-0.39, 0.29) is 88.2 Å². The highest BCUT2D eigenvalue weighted by atomic mass is 16.7. The minimum absolute atomic E-state index is 0.0258. The second-order valence-electron chi connectivity index (χ2n) is 29.9. The molecule has 0 N–H and O–H groups in total. The highest BCUT2D eigenvalue weighted by molar-refractivity contribution is 5.93. The van der Waals surface area contributed by atoms with Crippen LogP contribution < -0.4 is 0 Å². The van der Waals surface area contributed by atoms with Crippen LogP contribution in [0.4, 0.5) is 0 Å². The minimum atomic E-state index is -0.387. The van der Waals surface area contributed by atoms with E-state index < -0.39 is 0 Å². The first-order chi connectivity index (χ1) is 72.9. The van der Waals surface area contributed by atoms with E-state index in [4.69, 9.17) is 128 Å². The molecule has 0 aromatic heterocycles. The first kappa shape index (κ1) is 135. The zero-order valence-corrected chi connectivity index (χ0v) is 88.1. The van der Waals surface area contributed by atoms with E-state index >= 15 is 0 Å². The summed E-state index contributed by atoms with van der Waals surface area (Å²) in [5.74, 6) is -2.51. The van der Waals surface area contributed by atoms with Gasteiger partial charge in [-0.25, -0.2) is 33.6 Å². The van der Waals surface area contributed by atoms with Crippen LogP contribution >= 0.6 is 0 Å². The van der Waals surface area contributed by atoms with Gasteiger partial charge in [0.25, 0.3) is 0 Å². The molecule has 0 radical (unpaired) electrons. The normalized spacial score (nSPS) is 10.4. The van der Waals surface area contributed by atoms with Crippen LogP contribution in [0, 0.1) is 0 Å². The quantitative estimate of drug-likeness (QED) is 0.0148. The lowest BCUT2D eigenvalue weighted by molar-refractivity contribution is -0.0178. The van der Waals surface area contributed by atoms with Crippen molar-refractivity contribution in [2.24, 2.45) is 0 Å². The molecule has 824 valence electrons. The summed E-state index contributed by atoms with van der Waals surface area (Å²) in [6.07, 6.45) is 14.3. The van der Waals surface area contributed by atoms with Crippen molar-refractivity contribution in [1.82, 2.24) is 0 Å². The molecule has 0 saturated heterocycles. The van der Waals surface area contributed by atoms with Crippen LogP contribution in [0.15, 0.2) is 216 Å². The van der Waals surface area contributed by atoms with Crippen LogP contribution in [0.3, 0.4) is 0 Å². The van der Waals surface area contributed by atoms with E-state index in [9.17, 15) is 33.6 Å². The molecule has 35 heteroatoms. The Morgan fingerprint density at radius 3 is 0.423 bits per heavy atom. The molecule has 0 aliphatic carbocycles. The standard InChI is InChI=1S/C22H34O8.C21H32O6.C18H26O6.C16H22O5.C14H18O4.C12H14O3.C11H12O3/c1-3-20-4-6-21(7-5-20)22(23)30-19-18-29-17-16-28-15-14-27-13-12-26-11-10-25-9-8-24-2;1-3-5-10-23-11-12-24-13-14-25-15-16-26-17-18-27-21(22)20-8-6-19(4-2)7-9-20;1-3-16-4-6-17(7-5-16)18(19)24-15-14-23-13-12-22-11-10-21-9-8-20-2;1-3-14-4-6-15(7-5-14)16(17)21-13-12-20-11-10-19-9-8-18-2;1-3-12-4-6-13(7-5-12)14(15)18-11-10-17-9-8-16-2;1-3-10-4-6-11(7-5-10)12(13)15-9-8-14-2;1-3-9-4-6-10(7-5-9)11(12)14-8-13-2/h3-7H,1,8-19H2,2H3;4,6-9H,2-3,5,10-18H2,1H3;3-7H,1,8-15H2,2H3;3-7H,1,8-13H2,2H3;3-7H,1,8-11H2,2H3;3-7H,1,8-9H2,2H3;3-7H,1,8H2,2H3. The Balaban J connectivity index is 0.000000881. The first-order valence-electron chi connectivity index (χ1n) is 48.8. The fourth-order valence-corrected chi connectivity index (χ4v) is 10.7. The van der Waals surface area contributed by atoms with Crippen LogP contribution in [0.5, 0.6) is 0 Å². The third kappa shape index (κ3) is 76.4. The maximum absolute atomic E-state index is 11.9. The van der Waals surface area contributed by atoms with Gasteiger partial charge >= 0.3 is 41.8 Å². The van der Waals surface area contributed by atoms with E-state index in [1.54, 1.807) is 175 Å². The Kier molecular flexibility index (Phi) is 90.2. The number of hydrogen-bond donors (Lipinski definition) is 0. The van der Waals surface area contributed by atoms with Crippen LogP contribution in [0.1, 0.15) is 131 Å². The van der Waals surface area contributed by atoms with Crippen LogP contribution in [0.25, 0.3) is 42.5 Å². The third-order valence-electron chi connectivity index (χ3n) is 18.9. The third-order valence-corrected chi connectivity index (χ3v) is 18.9. The molecule has 7 rings (SSSR count). The Morgan fingerprint density at radius 1 is 0.168 bits per heavy atom. The molecular formula is C114H158O35. The van der Waals surface area contributed by atoms with Crippen molar-refractivity contribution < 1.29 is 166 Å². The average molecular weight is 2090 g/mol. The van der Waals surface area contributed by atoms with E-state index in [1.165, 1.54) is 7.11 Å². The number of benzene rings is 7. The Morgan fingerprint density at radius 2 is 0.289 bits per heavy atom. The van der Waals surface area contributed by atoms with Gasteiger partial charge in [-0.2, -0.15) is 0 Å². The smallest absolute Gasteiger partial charge is 0.340 e. The molecule has 7 aromatic carbocycles. The van der Waals surface area contributed by atoms with Gasteiger partial charge in [-0.1, -0.05) is 187 Å². The largest absolute Gasteiger partial charge is 0.460 e. The van der Waals surface area contributed by atoms with Crippen molar-refractivity contribution in [3.05, 3.63) is 294 Å². The van der Waals surface area contributed by atoms with Gasteiger partial charge in [0.05, 0.1) is 264 Å². The van der Waals surface area contributed by atoms with Gasteiger partial charge in [-0.3, -0.25) is 0 Å². The van der Waals surface area contributed by atoms with Gasteiger partial charge in [-0.15, -0.1) is 0 Å². The molecule has 0 saturated carbocycles. The van der Waals surface area contributed by atoms with Gasteiger partial charge < -0.3 is 133 Å². The zero-order valence-electron chi connectivity index (χ0n) is 88.1. The molecular weight excluding hydrogens is 1930 g/mol. The molecule has 149 heavy (non-hydrogen) atoms. The summed E-state index contributed by atoms with van der Waals surface area (Å²) in [5, 5.41) is 0. The molecule has 0 fully saturated rings. The summed E-state index contributed by atoms with van der Waals surface area (Å²) >= 11 is 0. The molecule has 0 aliphatic rings. The zero-order chi connectivity index (χ0) is 109. The number of esters is 7. The molecule has 0 bridgehead atoms. The summed E-state index contributed by atoms with van der Waals surface area (Å²) in [6, 6.07) is 49.3. The van der Waals surface area contributed by atoms with E-state index in [2.05, 4.69) is 57.7 Å². The SMILES string of the molecule is C=Cc1ccc(C(=O)OCCOC)cc1.C=Cc1ccc(C(=O)OCCOCCOC)cc1.C=Cc1ccc(C(=O)OCCOCCOCCOC)cc1.C=Cc1ccc(C(=O)OCCOCCOCCOCCOC)cc1.C=Cc1ccc(C(=O)OCCOCCOCCOCCOCCCC)cc1.C=Cc1ccc(C(=O)OCCOCCOCCOCCOCCOCCOC)cc1.C=Cc1ccc(C(=O)OCOC)cc1. The first-order valence-corrected chi connectivity index (χ1v) is 48.8. The molecule has 35 nitrogen and oxygen atoms in total. The summed E-state index contributed by atoms with van der Waals surface area (Å²) in [5.41, 5.74) is 10.4. The molecule has 0 amide bonds. The molecule has 7 aromatic rings. The van der Waals surface area contributed by atoms with Crippen LogP contribution in [0.2, 0.25) is 0 Å². The average Bonchev–Trinajstić information content (AvgIpc) is 0.921. The van der Waals surface area contributed by atoms with Gasteiger partial charge in [0.15, 0.2) is 6.79 Å². The summed E-state index contributed by atoms with van der Waals surface area (Å²) in [7, 11) is 9.53. The van der Waals surface area contributed by atoms with Crippen molar-refractivity contribution in [1.29, 1.82) is 0 Å². The van der Waals surface area contributed by atoms with E-state index in [1.807, 2.05) is 72.8 Å². The van der Waals surface area contributed by atoms with Crippen molar-refractivity contribution in [3.63, 3.8) is 0 Å². The Bertz CT molecular complexity index is 4530. The fraction of sp³-hybridized carbons (Fsp3) is 0.447. The molecule has 0 heterocycles.